The molecule has 0 spiro atoms. The highest BCUT2D eigenvalue weighted by molar-refractivity contribution is 7.13. The van der Waals surface area contributed by atoms with E-state index in [9.17, 15) is 14.0 Å². The number of halogens is 1. The maximum absolute atomic E-state index is 13.7. The van der Waals surface area contributed by atoms with Crippen LogP contribution in [0.15, 0.2) is 42.7 Å². The van der Waals surface area contributed by atoms with Crippen LogP contribution in [0.4, 0.5) is 10.2 Å². The van der Waals surface area contributed by atoms with Crippen LogP contribution in [-0.2, 0) is 4.79 Å². The van der Waals surface area contributed by atoms with E-state index >= 15 is 0 Å². The van der Waals surface area contributed by atoms with E-state index in [4.69, 9.17) is 9.97 Å². The number of nitrogens with one attached hydrogen (secondary N) is 2. The standard InChI is InChI=1S/C28H33FN8O2S/c1-5-35(6-2)17(3)15-31-27(38)18-13-21(33-25(14-18)36-11-10-22(36)28(39)30-4)19-16-32-37-12-9-20(34-26(19)37)23-7-8-24(29)40-23/h7-9,12-14,16-17,22H,5-6,10-11,15H2,1-4H3,(H,30,39)(H,31,38)/t17?,22-/m0/s1. The molecule has 4 aromatic rings. The Labute approximate surface area is 236 Å². The first-order chi connectivity index (χ1) is 19.3. The van der Waals surface area contributed by atoms with Crippen LogP contribution in [0.5, 0.6) is 0 Å². The van der Waals surface area contributed by atoms with Crippen LogP contribution >= 0.6 is 11.3 Å². The van der Waals surface area contributed by atoms with Gasteiger partial charge in [0.05, 0.1) is 28.0 Å². The molecule has 40 heavy (non-hydrogen) atoms. The molecular weight excluding hydrogens is 531 g/mol. The summed E-state index contributed by atoms with van der Waals surface area (Å²) in [5, 5.41) is 9.91. The molecule has 0 aliphatic carbocycles. The van der Waals surface area contributed by atoms with Gasteiger partial charge in [0.15, 0.2) is 10.8 Å². The van der Waals surface area contributed by atoms with Gasteiger partial charge in [-0.15, -0.1) is 11.3 Å². The molecule has 4 aromatic heterocycles. The van der Waals surface area contributed by atoms with Gasteiger partial charge in [0, 0.05) is 37.9 Å². The van der Waals surface area contributed by atoms with Crippen molar-refractivity contribution in [2.45, 2.75) is 39.3 Å². The number of aromatic nitrogens is 4. The van der Waals surface area contributed by atoms with Gasteiger partial charge in [0.1, 0.15) is 11.9 Å². The summed E-state index contributed by atoms with van der Waals surface area (Å²) in [6.07, 6.45) is 4.12. The number of fused-ring (bicyclic) bond motifs is 1. The monoisotopic (exact) mass is 564 g/mol. The summed E-state index contributed by atoms with van der Waals surface area (Å²) in [6.45, 7) is 9.23. The van der Waals surface area contributed by atoms with Gasteiger partial charge in [0.2, 0.25) is 5.91 Å². The minimum Gasteiger partial charge on any atom is -0.357 e. The van der Waals surface area contributed by atoms with Crippen LogP contribution in [0.3, 0.4) is 0 Å². The summed E-state index contributed by atoms with van der Waals surface area (Å²) < 4.78 is 15.3. The first kappa shape index (κ1) is 27.7. The molecule has 0 saturated carbocycles. The van der Waals surface area contributed by atoms with Gasteiger partial charge in [-0.3, -0.25) is 14.5 Å². The molecule has 0 aromatic carbocycles. The predicted octanol–water partition coefficient (Wildman–Crippen LogP) is 3.44. The third-order valence-electron chi connectivity index (χ3n) is 7.40. The third kappa shape index (κ3) is 5.41. The Morgan fingerprint density at radius 3 is 2.62 bits per heavy atom. The highest BCUT2D eigenvalue weighted by atomic mass is 32.1. The number of carbonyl (C=O) groups excluding carboxylic acids is 2. The van der Waals surface area contributed by atoms with E-state index in [0.29, 0.717) is 58.4 Å². The van der Waals surface area contributed by atoms with Crippen molar-refractivity contribution in [3.63, 3.8) is 0 Å². The predicted molar refractivity (Wildman–Crippen MR) is 154 cm³/mol. The second-order valence-corrected chi connectivity index (χ2v) is 10.8. The first-order valence-corrected chi connectivity index (χ1v) is 14.3. The number of hydrogen-bond acceptors (Lipinski definition) is 8. The number of nitrogens with zero attached hydrogens (tertiary/aromatic N) is 6. The summed E-state index contributed by atoms with van der Waals surface area (Å²) >= 11 is 1.02. The SMILES string of the molecule is CCN(CC)C(C)CNC(=O)c1cc(-c2cnn3ccc(-c4ccc(F)s4)nc23)nc(N2CC[C@H]2C(=O)NC)c1. The number of thiophene rings is 1. The van der Waals surface area contributed by atoms with Crippen LogP contribution in [0, 0.1) is 5.13 Å². The lowest BCUT2D eigenvalue weighted by Crippen LogP contribution is -2.56. The smallest absolute Gasteiger partial charge is 0.251 e. The molecule has 5 heterocycles. The Morgan fingerprint density at radius 1 is 1.18 bits per heavy atom. The van der Waals surface area contributed by atoms with E-state index < -0.39 is 0 Å². The zero-order chi connectivity index (χ0) is 28.4. The molecular formula is C28H33FN8O2S. The maximum atomic E-state index is 13.7. The molecule has 1 fully saturated rings. The molecule has 0 radical (unpaired) electrons. The van der Waals surface area contributed by atoms with Crippen molar-refractivity contribution in [3.8, 4) is 21.8 Å². The number of likely N-dealkylation sites (N-methyl/N-ethyl adjacent to an activating group) is 2. The minimum atomic E-state index is -0.353. The lowest BCUT2D eigenvalue weighted by molar-refractivity contribution is -0.123. The van der Waals surface area contributed by atoms with Crippen molar-refractivity contribution < 1.29 is 14.0 Å². The Morgan fingerprint density at radius 2 is 1.98 bits per heavy atom. The molecule has 0 bridgehead atoms. The molecule has 1 aliphatic rings. The number of rotatable bonds is 10. The third-order valence-corrected chi connectivity index (χ3v) is 8.30. The van der Waals surface area contributed by atoms with Gasteiger partial charge in [0.25, 0.3) is 5.91 Å². The van der Waals surface area contributed by atoms with Crippen molar-refractivity contribution in [2.75, 3.05) is 38.1 Å². The van der Waals surface area contributed by atoms with Crippen molar-refractivity contribution in [1.29, 1.82) is 0 Å². The van der Waals surface area contributed by atoms with Crippen LogP contribution in [-0.4, -0.2) is 81.6 Å². The molecule has 1 unspecified atom stereocenters. The summed E-state index contributed by atoms with van der Waals surface area (Å²) in [5.41, 5.74) is 2.72. The molecule has 5 rings (SSSR count). The highest BCUT2D eigenvalue weighted by Crippen LogP contribution is 2.32. The summed E-state index contributed by atoms with van der Waals surface area (Å²) in [7, 11) is 1.61. The molecule has 12 heteroatoms. The first-order valence-electron chi connectivity index (χ1n) is 13.5. The van der Waals surface area contributed by atoms with E-state index in [1.165, 1.54) is 6.07 Å². The van der Waals surface area contributed by atoms with Crippen molar-refractivity contribution >= 4 is 34.6 Å². The lowest BCUT2D eigenvalue weighted by atomic mass is 10.0. The fourth-order valence-electron chi connectivity index (χ4n) is 4.99. The van der Waals surface area contributed by atoms with Gasteiger partial charge in [-0.25, -0.2) is 14.5 Å². The number of carbonyl (C=O) groups is 2. The molecule has 210 valence electrons. The number of amides is 2. The summed E-state index contributed by atoms with van der Waals surface area (Å²) in [6, 6.07) is 8.17. The Balaban J connectivity index is 1.53. The van der Waals surface area contributed by atoms with Gasteiger partial charge in [-0.2, -0.15) is 9.49 Å². The average molecular weight is 565 g/mol. The zero-order valence-corrected chi connectivity index (χ0v) is 23.8. The van der Waals surface area contributed by atoms with E-state index in [1.54, 1.807) is 48.2 Å². The summed E-state index contributed by atoms with van der Waals surface area (Å²) in [5.74, 6) is 0.221. The molecule has 2 atom stereocenters. The van der Waals surface area contributed by atoms with Gasteiger partial charge >= 0.3 is 0 Å². The second-order valence-electron chi connectivity index (χ2n) is 9.73. The van der Waals surface area contributed by atoms with Crippen LogP contribution in [0.2, 0.25) is 0 Å². The number of anilines is 1. The fourth-order valence-corrected chi connectivity index (χ4v) is 5.69. The zero-order valence-electron chi connectivity index (χ0n) is 23.0. The normalized spacial score (nSPS) is 15.8. The van der Waals surface area contributed by atoms with E-state index in [1.807, 2.05) is 4.90 Å². The molecule has 10 nitrogen and oxygen atoms in total. The van der Waals surface area contributed by atoms with Crippen LogP contribution in [0.25, 0.3) is 27.5 Å². The molecule has 1 saturated heterocycles. The van der Waals surface area contributed by atoms with Crippen molar-refractivity contribution in [2.24, 2.45) is 0 Å². The lowest BCUT2D eigenvalue weighted by Gasteiger charge is -2.40. The number of pyridine rings is 1. The molecule has 1 aliphatic heterocycles. The highest BCUT2D eigenvalue weighted by Gasteiger charge is 2.35. The Kier molecular flexibility index (Phi) is 8.08. The topological polar surface area (TPSA) is 108 Å². The van der Waals surface area contributed by atoms with Gasteiger partial charge in [-0.05, 0) is 56.8 Å². The van der Waals surface area contributed by atoms with E-state index in [-0.39, 0.29) is 29.0 Å². The van der Waals surface area contributed by atoms with Gasteiger partial charge in [-0.1, -0.05) is 13.8 Å². The van der Waals surface area contributed by atoms with Crippen molar-refractivity contribution in [3.05, 3.63) is 53.4 Å². The molecule has 2 amide bonds. The Bertz CT molecular complexity index is 1530. The van der Waals surface area contributed by atoms with Gasteiger partial charge < -0.3 is 15.5 Å². The summed E-state index contributed by atoms with van der Waals surface area (Å²) in [4.78, 5) is 40.3. The minimum absolute atomic E-state index is 0.0945. The second kappa shape index (κ2) is 11.7. The van der Waals surface area contributed by atoms with Crippen LogP contribution in [0.1, 0.15) is 37.6 Å². The average Bonchev–Trinajstić information content (AvgIpc) is 3.57. The van der Waals surface area contributed by atoms with E-state index in [2.05, 4.69) is 41.4 Å². The maximum Gasteiger partial charge on any atom is 0.251 e. The molecule has 2 N–H and O–H groups in total. The Hall–Kier alpha value is -3.90. The van der Waals surface area contributed by atoms with Crippen LogP contribution < -0.4 is 15.5 Å². The largest absolute Gasteiger partial charge is 0.357 e. The van der Waals surface area contributed by atoms with Crippen molar-refractivity contribution in [1.82, 2.24) is 35.1 Å². The van der Waals surface area contributed by atoms with E-state index in [0.717, 1.165) is 24.4 Å². The fraction of sp³-hybridized carbons (Fsp3) is 0.393. The quantitative estimate of drug-likeness (QED) is 0.304. The number of hydrogen-bond donors (Lipinski definition) is 2.